The highest BCUT2D eigenvalue weighted by Crippen LogP contribution is 2.24. The number of hydrogen-bond donors (Lipinski definition) is 2. The van der Waals surface area contributed by atoms with Crippen LogP contribution in [0.3, 0.4) is 0 Å². The van der Waals surface area contributed by atoms with Crippen LogP contribution in [-0.2, 0) is 10.5 Å². The highest BCUT2D eigenvalue weighted by atomic mass is 32.2. The Morgan fingerprint density at radius 1 is 1.31 bits per heavy atom. The zero-order valence-electron chi connectivity index (χ0n) is 14.9. The molecule has 1 aromatic heterocycles. The summed E-state index contributed by atoms with van der Waals surface area (Å²) < 4.78 is 5.50. The van der Waals surface area contributed by atoms with Gasteiger partial charge in [0.25, 0.3) is 5.56 Å². The zero-order chi connectivity index (χ0) is 18.8. The van der Waals surface area contributed by atoms with E-state index < -0.39 is 0 Å². The fourth-order valence-electron chi connectivity index (χ4n) is 2.12. The van der Waals surface area contributed by atoms with Crippen molar-refractivity contribution in [2.45, 2.75) is 31.2 Å². The number of anilines is 1. The molecule has 1 aromatic carbocycles. The number of nitrogens with one attached hydrogen (secondary N) is 2. The molecule has 0 aliphatic heterocycles. The lowest BCUT2D eigenvalue weighted by Gasteiger charge is -2.11. The molecule has 2 aromatic rings. The van der Waals surface area contributed by atoms with Crippen LogP contribution in [0.25, 0.3) is 0 Å². The molecule has 0 radical (unpaired) electrons. The van der Waals surface area contributed by atoms with Crippen molar-refractivity contribution in [2.75, 3.05) is 23.4 Å². The van der Waals surface area contributed by atoms with Crippen molar-refractivity contribution in [3.8, 4) is 5.75 Å². The molecule has 6 nitrogen and oxygen atoms in total. The predicted molar refractivity (Wildman–Crippen MR) is 108 cm³/mol. The van der Waals surface area contributed by atoms with Gasteiger partial charge in [-0.05, 0) is 31.2 Å². The second-order valence-corrected chi connectivity index (χ2v) is 7.43. The van der Waals surface area contributed by atoms with Gasteiger partial charge in [-0.15, -0.1) is 0 Å². The van der Waals surface area contributed by atoms with Crippen LogP contribution < -0.4 is 15.6 Å². The Balaban J connectivity index is 1.94. The summed E-state index contributed by atoms with van der Waals surface area (Å²) in [4.78, 5) is 31.1. The smallest absolute Gasteiger partial charge is 0.251 e. The van der Waals surface area contributed by atoms with Gasteiger partial charge in [-0.3, -0.25) is 9.59 Å². The minimum Gasteiger partial charge on any atom is -0.492 e. The number of para-hydroxylation sites is 2. The van der Waals surface area contributed by atoms with Crippen LogP contribution in [0.15, 0.2) is 40.3 Å². The molecule has 0 spiro atoms. The Kier molecular flexibility index (Phi) is 8.57. The molecule has 0 saturated heterocycles. The number of thioether (sulfide) groups is 2. The van der Waals surface area contributed by atoms with Crippen molar-refractivity contribution in [3.63, 3.8) is 0 Å². The summed E-state index contributed by atoms with van der Waals surface area (Å²) >= 11 is 2.94. The first-order valence-corrected chi connectivity index (χ1v) is 10.6. The van der Waals surface area contributed by atoms with E-state index in [1.807, 2.05) is 25.1 Å². The van der Waals surface area contributed by atoms with Crippen molar-refractivity contribution in [1.29, 1.82) is 0 Å². The van der Waals surface area contributed by atoms with Crippen LogP contribution in [0, 0.1) is 0 Å². The highest BCUT2D eigenvalue weighted by molar-refractivity contribution is 7.99. The molecule has 0 saturated carbocycles. The normalized spacial score (nSPS) is 10.5. The van der Waals surface area contributed by atoms with Crippen molar-refractivity contribution in [1.82, 2.24) is 9.97 Å². The number of rotatable bonds is 10. The van der Waals surface area contributed by atoms with E-state index in [0.717, 1.165) is 17.9 Å². The Morgan fingerprint density at radius 3 is 2.88 bits per heavy atom. The number of benzene rings is 1. The van der Waals surface area contributed by atoms with Gasteiger partial charge in [-0.2, -0.15) is 11.8 Å². The summed E-state index contributed by atoms with van der Waals surface area (Å²) in [5, 5.41) is 3.28. The summed E-state index contributed by atoms with van der Waals surface area (Å²) in [6.07, 6.45) is 1.08. The highest BCUT2D eigenvalue weighted by Gasteiger charge is 2.10. The monoisotopic (exact) mass is 393 g/mol. The topological polar surface area (TPSA) is 84.1 Å². The molecule has 26 heavy (non-hydrogen) atoms. The molecule has 2 N–H and O–H groups in total. The average molecular weight is 394 g/mol. The standard InChI is InChI=1S/C18H23N3O3S2/c1-3-9-25-11-13-10-16(22)21-18(19-13)26-12-17(23)20-14-7-5-6-8-15(14)24-4-2/h5-8,10H,3-4,9,11-12H2,1-2H3,(H,20,23)(H,19,21,22). The molecule has 1 amide bonds. The van der Waals surface area contributed by atoms with Crippen LogP contribution in [0.1, 0.15) is 26.0 Å². The van der Waals surface area contributed by atoms with E-state index in [2.05, 4.69) is 22.2 Å². The predicted octanol–water partition coefficient (Wildman–Crippen LogP) is 3.54. The third-order valence-electron chi connectivity index (χ3n) is 3.17. The van der Waals surface area contributed by atoms with Gasteiger partial charge in [0, 0.05) is 11.8 Å². The molecule has 8 heteroatoms. The average Bonchev–Trinajstić information content (AvgIpc) is 2.62. The Bertz CT molecular complexity index is 780. The number of nitrogens with zero attached hydrogens (tertiary/aromatic N) is 1. The van der Waals surface area contributed by atoms with Gasteiger partial charge in [-0.1, -0.05) is 30.8 Å². The summed E-state index contributed by atoms with van der Waals surface area (Å²) in [6.45, 7) is 4.53. The van der Waals surface area contributed by atoms with Crippen LogP contribution in [0.5, 0.6) is 5.75 Å². The zero-order valence-corrected chi connectivity index (χ0v) is 16.5. The number of H-pyrrole nitrogens is 1. The number of ether oxygens (including phenoxy) is 1. The van der Waals surface area contributed by atoms with Gasteiger partial charge in [0.05, 0.1) is 23.7 Å². The minimum atomic E-state index is -0.198. The quantitative estimate of drug-likeness (QED) is 0.365. The molecule has 1 heterocycles. The molecule has 0 aliphatic rings. The fraction of sp³-hybridized carbons (Fsp3) is 0.389. The first-order valence-electron chi connectivity index (χ1n) is 8.44. The van der Waals surface area contributed by atoms with Gasteiger partial charge >= 0.3 is 0 Å². The second-order valence-electron chi connectivity index (χ2n) is 5.36. The van der Waals surface area contributed by atoms with Gasteiger partial charge < -0.3 is 15.0 Å². The maximum Gasteiger partial charge on any atom is 0.251 e. The maximum absolute atomic E-state index is 12.2. The Labute approximate surface area is 161 Å². The van der Waals surface area contributed by atoms with E-state index in [9.17, 15) is 9.59 Å². The van der Waals surface area contributed by atoms with E-state index in [1.54, 1.807) is 17.8 Å². The van der Waals surface area contributed by atoms with Crippen LogP contribution in [0.4, 0.5) is 5.69 Å². The summed E-state index contributed by atoms with van der Waals surface area (Å²) in [5.41, 5.74) is 1.17. The first kappa shape index (κ1) is 20.4. The lowest BCUT2D eigenvalue weighted by atomic mass is 10.3. The van der Waals surface area contributed by atoms with E-state index >= 15 is 0 Å². The fourth-order valence-corrected chi connectivity index (χ4v) is 3.60. The minimum absolute atomic E-state index is 0.148. The van der Waals surface area contributed by atoms with Gasteiger partial charge in [0.15, 0.2) is 5.16 Å². The first-order chi connectivity index (χ1) is 12.6. The van der Waals surface area contributed by atoms with E-state index in [0.29, 0.717) is 29.0 Å². The number of carbonyl (C=O) groups excluding carboxylic acids is 1. The Hall–Kier alpha value is -1.93. The number of aromatic amines is 1. The lowest BCUT2D eigenvalue weighted by molar-refractivity contribution is -0.113. The number of aromatic nitrogens is 2. The van der Waals surface area contributed by atoms with Crippen molar-refractivity contribution < 1.29 is 9.53 Å². The molecular weight excluding hydrogens is 370 g/mol. The lowest BCUT2D eigenvalue weighted by Crippen LogP contribution is -2.16. The SMILES string of the molecule is CCCSCc1cc(=O)[nH]c(SCC(=O)Nc2ccccc2OCC)n1. The van der Waals surface area contributed by atoms with Gasteiger partial charge in [0.2, 0.25) is 5.91 Å². The largest absolute Gasteiger partial charge is 0.492 e. The Morgan fingerprint density at radius 2 is 2.12 bits per heavy atom. The second kappa shape index (κ2) is 10.9. The number of hydrogen-bond acceptors (Lipinski definition) is 6. The molecule has 0 unspecified atom stereocenters. The number of amides is 1. The molecule has 2 rings (SSSR count). The summed E-state index contributed by atoms with van der Waals surface area (Å²) in [6, 6.07) is 8.79. The van der Waals surface area contributed by atoms with Crippen LogP contribution in [-0.4, -0.2) is 34.0 Å². The molecule has 0 bridgehead atoms. The third-order valence-corrected chi connectivity index (χ3v) is 5.24. The van der Waals surface area contributed by atoms with E-state index in [1.165, 1.54) is 17.8 Å². The molecule has 0 aliphatic carbocycles. The van der Waals surface area contributed by atoms with Crippen LogP contribution >= 0.6 is 23.5 Å². The number of carbonyl (C=O) groups is 1. The molecular formula is C18H23N3O3S2. The van der Waals surface area contributed by atoms with Crippen molar-refractivity contribution >= 4 is 35.1 Å². The van der Waals surface area contributed by atoms with Gasteiger partial charge in [0.1, 0.15) is 5.75 Å². The van der Waals surface area contributed by atoms with E-state index in [-0.39, 0.29) is 17.2 Å². The third kappa shape index (κ3) is 6.76. The van der Waals surface area contributed by atoms with Crippen molar-refractivity contribution in [3.05, 3.63) is 46.4 Å². The van der Waals surface area contributed by atoms with Crippen LogP contribution in [0.2, 0.25) is 0 Å². The molecule has 140 valence electrons. The van der Waals surface area contributed by atoms with E-state index in [4.69, 9.17) is 4.74 Å². The maximum atomic E-state index is 12.2. The summed E-state index contributed by atoms with van der Waals surface area (Å²) in [7, 11) is 0. The molecule has 0 fully saturated rings. The molecule has 0 atom stereocenters. The summed E-state index contributed by atoms with van der Waals surface area (Å²) in [5.74, 6) is 2.32. The van der Waals surface area contributed by atoms with Gasteiger partial charge in [-0.25, -0.2) is 4.98 Å². The van der Waals surface area contributed by atoms with Crippen molar-refractivity contribution in [2.24, 2.45) is 0 Å².